The van der Waals surface area contributed by atoms with Gasteiger partial charge in [-0.2, -0.15) is 0 Å². The molecule has 5 rings (SSSR count). The third kappa shape index (κ3) is 3.51. The fourth-order valence-corrected chi connectivity index (χ4v) is 3.41. The van der Waals surface area contributed by atoms with Crippen molar-refractivity contribution in [2.45, 2.75) is 6.92 Å². The summed E-state index contributed by atoms with van der Waals surface area (Å²) in [5.74, 6) is -1.40. The normalized spacial score (nSPS) is 11.0. The van der Waals surface area contributed by atoms with Crippen LogP contribution in [0.5, 0.6) is 0 Å². The average Bonchev–Trinajstić information content (AvgIpc) is 3.28. The van der Waals surface area contributed by atoms with Crippen LogP contribution in [0.4, 0.5) is 0 Å². The maximum atomic E-state index is 11.0. The van der Waals surface area contributed by atoms with E-state index in [1.807, 2.05) is 49.4 Å². The van der Waals surface area contributed by atoms with E-state index in [2.05, 4.69) is 29.9 Å². The van der Waals surface area contributed by atoms with E-state index in [0.717, 1.165) is 44.8 Å². The molecule has 4 heterocycles. The number of hydrogen-bond donors (Lipinski definition) is 2. The van der Waals surface area contributed by atoms with E-state index < -0.39 is 5.97 Å². The molecule has 0 saturated carbocycles. The van der Waals surface area contributed by atoms with E-state index in [1.165, 1.54) is 12.4 Å². The number of carboxylic acid groups (broad SMARTS) is 1. The number of rotatable bonds is 4. The monoisotopic (exact) mass is 408 g/mol. The predicted molar refractivity (Wildman–Crippen MR) is 115 cm³/mol. The van der Waals surface area contributed by atoms with Crippen LogP contribution in [0.25, 0.3) is 44.7 Å². The molecular weight excluding hydrogens is 392 g/mol. The van der Waals surface area contributed by atoms with Crippen molar-refractivity contribution in [2.24, 2.45) is 0 Å². The first-order valence-electron chi connectivity index (χ1n) is 9.52. The van der Waals surface area contributed by atoms with E-state index in [-0.39, 0.29) is 5.82 Å². The second-order valence-corrected chi connectivity index (χ2v) is 7.02. The summed E-state index contributed by atoms with van der Waals surface area (Å²) in [5.41, 5.74) is 6.67. The molecule has 4 aromatic heterocycles. The molecule has 0 amide bonds. The lowest BCUT2D eigenvalue weighted by Crippen LogP contribution is -2.03. The van der Waals surface area contributed by atoms with Gasteiger partial charge in [-0.15, -0.1) is 0 Å². The second kappa shape index (κ2) is 7.42. The zero-order chi connectivity index (χ0) is 21.4. The quantitative estimate of drug-likeness (QED) is 0.459. The van der Waals surface area contributed by atoms with Crippen molar-refractivity contribution >= 4 is 16.9 Å². The van der Waals surface area contributed by atoms with Crippen LogP contribution < -0.4 is 0 Å². The van der Waals surface area contributed by atoms with Gasteiger partial charge in [-0.25, -0.2) is 19.7 Å². The summed E-state index contributed by atoms with van der Waals surface area (Å²) in [7, 11) is 0. The van der Waals surface area contributed by atoms with Gasteiger partial charge in [0.2, 0.25) is 5.82 Å². The van der Waals surface area contributed by atoms with Crippen molar-refractivity contribution in [3.63, 3.8) is 0 Å². The van der Waals surface area contributed by atoms with Gasteiger partial charge in [0, 0.05) is 46.4 Å². The molecule has 5 aromatic rings. The number of nitrogens with zero attached hydrogens (tertiary/aromatic N) is 5. The number of aromatic amines is 1. The molecule has 0 bridgehead atoms. The first-order chi connectivity index (χ1) is 15.1. The number of imidazole rings is 1. The lowest BCUT2D eigenvalue weighted by molar-refractivity contribution is 0.0683. The number of benzene rings is 1. The molecule has 0 aliphatic carbocycles. The smallest absolute Gasteiger partial charge is 0.373 e. The lowest BCUT2D eigenvalue weighted by atomic mass is 10.0. The van der Waals surface area contributed by atoms with Gasteiger partial charge in [-0.05, 0) is 37.3 Å². The highest BCUT2D eigenvalue weighted by molar-refractivity contribution is 5.89. The van der Waals surface area contributed by atoms with E-state index in [0.29, 0.717) is 5.56 Å². The van der Waals surface area contributed by atoms with E-state index >= 15 is 0 Å². The van der Waals surface area contributed by atoms with Crippen LogP contribution in [-0.2, 0) is 0 Å². The molecule has 150 valence electrons. The number of hydrogen-bond acceptors (Lipinski definition) is 6. The van der Waals surface area contributed by atoms with Crippen LogP contribution in [0.2, 0.25) is 0 Å². The van der Waals surface area contributed by atoms with Gasteiger partial charge < -0.3 is 10.1 Å². The van der Waals surface area contributed by atoms with Crippen LogP contribution in [0, 0.1) is 6.92 Å². The molecule has 0 radical (unpaired) electrons. The lowest BCUT2D eigenvalue weighted by Gasteiger charge is -2.07. The van der Waals surface area contributed by atoms with Gasteiger partial charge in [-0.1, -0.05) is 12.1 Å². The molecule has 0 fully saturated rings. The van der Waals surface area contributed by atoms with Crippen LogP contribution in [-0.4, -0.2) is 41.0 Å². The molecular formula is C23H16N6O2. The van der Waals surface area contributed by atoms with Crippen LogP contribution in [0.3, 0.4) is 0 Å². The van der Waals surface area contributed by atoms with Crippen molar-refractivity contribution in [3.8, 4) is 33.8 Å². The third-order valence-corrected chi connectivity index (χ3v) is 4.91. The zero-order valence-electron chi connectivity index (χ0n) is 16.4. The Morgan fingerprint density at radius 2 is 1.68 bits per heavy atom. The number of carbonyl (C=O) groups is 1. The van der Waals surface area contributed by atoms with E-state index in [4.69, 9.17) is 5.11 Å². The first kappa shape index (κ1) is 18.6. The summed E-state index contributed by atoms with van der Waals surface area (Å²) in [6.45, 7) is 1.95. The van der Waals surface area contributed by atoms with Crippen LogP contribution >= 0.6 is 0 Å². The molecule has 0 unspecified atom stereocenters. The largest absolute Gasteiger partial charge is 0.475 e. The summed E-state index contributed by atoms with van der Waals surface area (Å²) in [6, 6.07) is 13.8. The summed E-state index contributed by atoms with van der Waals surface area (Å²) in [6.07, 6.45) is 6.35. The SMILES string of the molecule is Cc1cccc(-c2[nH]cnc2-c2ccc3ncc(-c4cnc(C(=O)O)nc4)cc3c2)n1. The molecule has 2 N–H and O–H groups in total. The van der Waals surface area contributed by atoms with Crippen molar-refractivity contribution in [1.82, 2.24) is 29.9 Å². The third-order valence-electron chi connectivity index (χ3n) is 4.91. The molecule has 31 heavy (non-hydrogen) atoms. The Morgan fingerprint density at radius 1 is 0.903 bits per heavy atom. The molecule has 8 heteroatoms. The van der Waals surface area contributed by atoms with Gasteiger partial charge in [-0.3, -0.25) is 9.97 Å². The average molecular weight is 408 g/mol. The molecule has 0 saturated heterocycles. The van der Waals surface area contributed by atoms with Gasteiger partial charge in [0.05, 0.1) is 28.9 Å². The van der Waals surface area contributed by atoms with Crippen molar-refractivity contribution < 1.29 is 9.90 Å². The highest BCUT2D eigenvalue weighted by atomic mass is 16.4. The first-order valence-corrected chi connectivity index (χ1v) is 9.52. The maximum Gasteiger partial charge on any atom is 0.373 e. The van der Waals surface area contributed by atoms with E-state index in [9.17, 15) is 4.79 Å². The Labute approximate surface area is 176 Å². The number of H-pyrrole nitrogens is 1. The number of fused-ring (bicyclic) bond motifs is 1. The van der Waals surface area contributed by atoms with Gasteiger partial charge >= 0.3 is 5.97 Å². The van der Waals surface area contributed by atoms with Crippen LogP contribution in [0.15, 0.2) is 67.4 Å². The van der Waals surface area contributed by atoms with Crippen molar-refractivity contribution in [1.29, 1.82) is 0 Å². The minimum Gasteiger partial charge on any atom is -0.475 e. The Bertz CT molecular complexity index is 1430. The summed E-state index contributed by atoms with van der Waals surface area (Å²) < 4.78 is 0. The molecule has 0 spiro atoms. The second-order valence-electron chi connectivity index (χ2n) is 7.02. The summed E-state index contributed by atoms with van der Waals surface area (Å²) in [5, 5.41) is 9.90. The minimum absolute atomic E-state index is 0.240. The number of aromatic carboxylic acids is 1. The highest BCUT2D eigenvalue weighted by Crippen LogP contribution is 2.31. The molecule has 0 aliphatic heterocycles. The van der Waals surface area contributed by atoms with Gasteiger partial charge in [0.1, 0.15) is 0 Å². The van der Waals surface area contributed by atoms with Gasteiger partial charge in [0.15, 0.2) is 0 Å². The molecule has 1 aromatic carbocycles. The molecule has 8 nitrogen and oxygen atoms in total. The minimum atomic E-state index is -1.16. The topological polar surface area (TPSA) is 118 Å². The standard InChI is InChI=1S/C23H16N6O2/c1-13-3-2-4-19(29-13)21-20(27-12-28-21)14-5-6-18-15(7-14)8-16(9-24-18)17-10-25-22(23(30)31)26-11-17/h2-12H,1H3,(H,27,28)(H,30,31). The fourth-order valence-electron chi connectivity index (χ4n) is 3.41. The number of nitrogens with one attached hydrogen (secondary N) is 1. The Kier molecular flexibility index (Phi) is 4.44. The zero-order valence-corrected chi connectivity index (χ0v) is 16.4. The number of aryl methyl sites for hydroxylation is 1. The maximum absolute atomic E-state index is 11.0. The molecule has 0 atom stereocenters. The van der Waals surface area contributed by atoms with Crippen molar-refractivity contribution in [3.05, 3.63) is 78.9 Å². The molecule has 0 aliphatic rings. The summed E-state index contributed by atoms with van der Waals surface area (Å²) >= 11 is 0. The Hall–Kier alpha value is -4.46. The number of pyridine rings is 2. The number of carboxylic acids is 1. The Balaban J connectivity index is 1.56. The fraction of sp³-hybridized carbons (Fsp3) is 0.0435. The summed E-state index contributed by atoms with van der Waals surface area (Å²) in [4.78, 5) is 35.6. The van der Waals surface area contributed by atoms with E-state index in [1.54, 1.807) is 12.5 Å². The Morgan fingerprint density at radius 3 is 2.45 bits per heavy atom. The van der Waals surface area contributed by atoms with Crippen LogP contribution in [0.1, 0.15) is 16.3 Å². The predicted octanol–water partition coefficient (Wildman–Crippen LogP) is 4.15. The van der Waals surface area contributed by atoms with Crippen molar-refractivity contribution in [2.75, 3.05) is 0 Å². The number of aromatic nitrogens is 6. The highest BCUT2D eigenvalue weighted by Gasteiger charge is 2.13. The van der Waals surface area contributed by atoms with Gasteiger partial charge in [0.25, 0.3) is 0 Å².